The van der Waals surface area contributed by atoms with E-state index in [1.807, 2.05) is 48.5 Å². The second kappa shape index (κ2) is 11.1. The molecule has 5 nitrogen and oxygen atoms in total. The molecule has 0 saturated heterocycles. The molecule has 2 N–H and O–H groups in total. The number of carbonyl (C=O) groups excluding carboxylic acids is 1. The Kier molecular flexibility index (Phi) is 7.76. The monoisotopic (exact) mass is 444 g/mol. The van der Waals surface area contributed by atoms with Crippen molar-refractivity contribution in [3.63, 3.8) is 0 Å². The number of rotatable bonds is 7. The lowest BCUT2D eigenvalue weighted by Gasteiger charge is -2.30. The van der Waals surface area contributed by atoms with Crippen molar-refractivity contribution in [3.8, 4) is 5.75 Å². The van der Waals surface area contributed by atoms with Crippen LogP contribution in [0.3, 0.4) is 0 Å². The highest BCUT2D eigenvalue weighted by atomic mass is 16.6. The summed E-state index contributed by atoms with van der Waals surface area (Å²) in [5.74, 6) is 0.963. The summed E-state index contributed by atoms with van der Waals surface area (Å²) in [7, 11) is 0. The van der Waals surface area contributed by atoms with Gasteiger partial charge in [-0.25, -0.2) is 4.79 Å². The number of nitrogens with one attached hydrogen (secondary N) is 1. The fourth-order valence-corrected chi connectivity index (χ4v) is 4.56. The Labute approximate surface area is 196 Å². The van der Waals surface area contributed by atoms with Gasteiger partial charge < -0.3 is 15.2 Å². The van der Waals surface area contributed by atoms with Crippen LogP contribution in [0.15, 0.2) is 84.9 Å². The minimum atomic E-state index is -0.744. The summed E-state index contributed by atoms with van der Waals surface area (Å²) >= 11 is 0. The number of hydrogen-bond donors (Lipinski definition) is 2. The molecular weight excluding hydrogens is 412 g/mol. The zero-order valence-corrected chi connectivity index (χ0v) is 19.1. The van der Waals surface area contributed by atoms with Crippen LogP contribution in [0.2, 0.25) is 0 Å². The van der Waals surface area contributed by atoms with Gasteiger partial charge in [0.2, 0.25) is 0 Å². The number of amides is 1. The van der Waals surface area contributed by atoms with E-state index in [4.69, 9.17) is 4.74 Å². The maximum atomic E-state index is 12.6. The molecule has 4 rings (SSSR count). The van der Waals surface area contributed by atoms with Crippen LogP contribution in [-0.2, 0) is 19.4 Å². The molecule has 0 spiro atoms. The number of carbonyl (C=O) groups is 1. The van der Waals surface area contributed by atoms with Gasteiger partial charge in [0.1, 0.15) is 5.75 Å². The highest BCUT2D eigenvalue weighted by Gasteiger charge is 2.27. The van der Waals surface area contributed by atoms with Gasteiger partial charge >= 0.3 is 6.09 Å². The molecule has 1 heterocycles. The molecule has 0 saturated carbocycles. The average molecular weight is 445 g/mol. The summed E-state index contributed by atoms with van der Waals surface area (Å²) in [6.45, 7) is 4.42. The SMILES string of the molecule is C[C@@H]1Cc2ccccc2CN(C[C@@H](O)[C@H](Cc2ccccc2)NC(=O)Oc2ccccc2)C1. The van der Waals surface area contributed by atoms with Crippen LogP contribution in [0.25, 0.3) is 0 Å². The molecule has 1 amide bonds. The normalized spacial score (nSPS) is 17.9. The highest BCUT2D eigenvalue weighted by molar-refractivity contribution is 5.70. The van der Waals surface area contributed by atoms with Crippen molar-refractivity contribution in [2.24, 2.45) is 5.92 Å². The molecule has 3 atom stereocenters. The number of aliphatic hydroxyl groups excluding tert-OH is 1. The first-order valence-corrected chi connectivity index (χ1v) is 11.6. The molecule has 1 aliphatic heterocycles. The largest absolute Gasteiger partial charge is 0.412 e. The molecule has 5 heteroatoms. The van der Waals surface area contributed by atoms with E-state index in [0.29, 0.717) is 24.6 Å². The van der Waals surface area contributed by atoms with E-state index in [-0.39, 0.29) is 0 Å². The molecule has 1 aliphatic rings. The summed E-state index contributed by atoms with van der Waals surface area (Å²) in [5.41, 5.74) is 3.74. The molecule has 0 bridgehead atoms. The van der Waals surface area contributed by atoms with Crippen LogP contribution in [0.5, 0.6) is 5.75 Å². The summed E-state index contributed by atoms with van der Waals surface area (Å²) in [5, 5.41) is 14.2. The van der Waals surface area contributed by atoms with Crippen molar-refractivity contribution in [2.45, 2.75) is 38.5 Å². The first kappa shape index (κ1) is 23.0. The van der Waals surface area contributed by atoms with Gasteiger partial charge in [-0.1, -0.05) is 79.7 Å². The van der Waals surface area contributed by atoms with Crippen LogP contribution in [0.4, 0.5) is 4.79 Å². The number of ether oxygens (including phenoxy) is 1. The van der Waals surface area contributed by atoms with E-state index in [1.54, 1.807) is 12.1 Å². The predicted octanol–water partition coefficient (Wildman–Crippen LogP) is 4.44. The lowest BCUT2D eigenvalue weighted by molar-refractivity contribution is 0.0711. The van der Waals surface area contributed by atoms with Gasteiger partial charge in [-0.3, -0.25) is 4.90 Å². The topological polar surface area (TPSA) is 61.8 Å². The Morgan fingerprint density at radius 2 is 1.64 bits per heavy atom. The summed E-state index contributed by atoms with van der Waals surface area (Å²) in [6, 6.07) is 26.9. The Hall–Kier alpha value is -3.15. The number of benzene rings is 3. The summed E-state index contributed by atoms with van der Waals surface area (Å²) < 4.78 is 5.43. The minimum absolute atomic E-state index is 0.473. The maximum Gasteiger partial charge on any atom is 0.412 e. The molecule has 172 valence electrons. The lowest BCUT2D eigenvalue weighted by Crippen LogP contribution is -2.50. The Morgan fingerprint density at radius 1 is 1.00 bits per heavy atom. The number of hydrogen-bond acceptors (Lipinski definition) is 4. The van der Waals surface area contributed by atoms with E-state index in [9.17, 15) is 9.90 Å². The molecule has 3 aromatic carbocycles. The number of fused-ring (bicyclic) bond motifs is 1. The van der Waals surface area contributed by atoms with Gasteiger partial charge in [0.15, 0.2) is 0 Å². The molecule has 0 aliphatic carbocycles. The zero-order chi connectivity index (χ0) is 23.0. The lowest BCUT2D eigenvalue weighted by atomic mass is 9.99. The minimum Gasteiger partial charge on any atom is -0.410 e. The fraction of sp³-hybridized carbons (Fsp3) is 0.321. The van der Waals surface area contributed by atoms with Crippen LogP contribution in [0.1, 0.15) is 23.6 Å². The molecule has 0 fully saturated rings. The van der Waals surface area contributed by atoms with Crippen molar-refractivity contribution in [3.05, 3.63) is 102 Å². The smallest absolute Gasteiger partial charge is 0.410 e. The molecule has 0 radical (unpaired) electrons. The predicted molar refractivity (Wildman–Crippen MR) is 130 cm³/mol. The van der Waals surface area contributed by atoms with E-state index in [0.717, 1.165) is 25.1 Å². The second-order valence-corrected chi connectivity index (χ2v) is 8.98. The van der Waals surface area contributed by atoms with Gasteiger partial charge in [-0.15, -0.1) is 0 Å². The maximum absolute atomic E-state index is 12.6. The zero-order valence-electron chi connectivity index (χ0n) is 19.1. The number of β-amino-alcohol motifs (C(OH)–C–C–N with tert-alkyl or cyclic N) is 1. The standard InChI is InChI=1S/C28H32N2O3/c1-21-16-23-12-8-9-13-24(23)19-30(18-21)20-27(31)26(17-22-10-4-2-5-11-22)29-28(32)33-25-14-6-3-7-15-25/h2-15,21,26-27,31H,16-20H2,1H3,(H,29,32)/t21-,26+,27-/m1/s1. The second-order valence-electron chi connectivity index (χ2n) is 8.98. The molecule has 0 aromatic heterocycles. The van der Waals surface area contributed by atoms with Gasteiger partial charge in [0.05, 0.1) is 12.1 Å². The number of aliphatic hydroxyl groups is 1. The van der Waals surface area contributed by atoms with Crippen LogP contribution in [0, 0.1) is 5.92 Å². The van der Waals surface area contributed by atoms with E-state index in [1.165, 1.54) is 11.1 Å². The van der Waals surface area contributed by atoms with Crippen molar-refractivity contribution in [2.75, 3.05) is 13.1 Å². The fourth-order valence-electron chi connectivity index (χ4n) is 4.56. The van der Waals surface area contributed by atoms with Crippen molar-refractivity contribution in [1.29, 1.82) is 0 Å². The van der Waals surface area contributed by atoms with Gasteiger partial charge in [0.25, 0.3) is 0 Å². The molecule has 3 aromatic rings. The van der Waals surface area contributed by atoms with Crippen molar-refractivity contribution < 1.29 is 14.6 Å². The average Bonchev–Trinajstić information content (AvgIpc) is 2.97. The first-order valence-electron chi connectivity index (χ1n) is 11.6. The van der Waals surface area contributed by atoms with E-state index < -0.39 is 18.2 Å². The number of para-hydroxylation sites is 1. The van der Waals surface area contributed by atoms with Gasteiger partial charge in [0, 0.05) is 19.6 Å². The van der Waals surface area contributed by atoms with Crippen molar-refractivity contribution in [1.82, 2.24) is 10.2 Å². The Morgan fingerprint density at radius 3 is 2.36 bits per heavy atom. The van der Waals surface area contributed by atoms with Crippen LogP contribution < -0.4 is 10.1 Å². The highest BCUT2D eigenvalue weighted by Crippen LogP contribution is 2.22. The Balaban J connectivity index is 1.46. The third-order valence-corrected chi connectivity index (χ3v) is 6.12. The Bertz CT molecular complexity index is 1030. The van der Waals surface area contributed by atoms with Gasteiger partial charge in [-0.05, 0) is 47.6 Å². The first-order chi connectivity index (χ1) is 16.1. The third-order valence-electron chi connectivity index (χ3n) is 6.12. The molecular formula is C28H32N2O3. The number of nitrogens with zero attached hydrogens (tertiary/aromatic N) is 1. The van der Waals surface area contributed by atoms with E-state index >= 15 is 0 Å². The summed E-state index contributed by atoms with van der Waals surface area (Å²) in [4.78, 5) is 14.9. The van der Waals surface area contributed by atoms with E-state index in [2.05, 4.69) is 41.4 Å². The quantitative estimate of drug-likeness (QED) is 0.566. The van der Waals surface area contributed by atoms with Crippen LogP contribution in [-0.4, -0.2) is 41.3 Å². The van der Waals surface area contributed by atoms with Crippen LogP contribution >= 0.6 is 0 Å². The third kappa shape index (κ3) is 6.67. The van der Waals surface area contributed by atoms with Gasteiger partial charge in [-0.2, -0.15) is 0 Å². The molecule has 33 heavy (non-hydrogen) atoms. The molecule has 0 unspecified atom stereocenters. The summed E-state index contributed by atoms with van der Waals surface area (Å²) in [6.07, 6.45) is 0.255. The van der Waals surface area contributed by atoms with Crippen molar-refractivity contribution >= 4 is 6.09 Å².